The first-order valence-corrected chi connectivity index (χ1v) is 10.2. The zero-order valence-corrected chi connectivity index (χ0v) is 17.3. The van der Waals surface area contributed by atoms with E-state index in [1.807, 2.05) is 18.2 Å². The number of carbonyl (C=O) groups excluding carboxylic acids is 2. The number of para-hydroxylation sites is 1. The number of carbonyl (C=O) groups is 2. The van der Waals surface area contributed by atoms with Crippen LogP contribution in [0.25, 0.3) is 10.9 Å². The van der Waals surface area contributed by atoms with Crippen LogP contribution in [0.15, 0.2) is 42.5 Å². The molecule has 1 heterocycles. The lowest BCUT2D eigenvalue weighted by molar-refractivity contribution is -0.387. The number of ether oxygens (including phenoxy) is 1. The molecule has 1 aliphatic carbocycles. The van der Waals surface area contributed by atoms with Crippen molar-refractivity contribution in [3.8, 4) is 0 Å². The van der Waals surface area contributed by atoms with Gasteiger partial charge in [-0.2, -0.15) is 4.39 Å². The summed E-state index contributed by atoms with van der Waals surface area (Å²) in [6.07, 6.45) is 2.23. The number of nitrogens with one attached hydrogen (secondary N) is 1. The van der Waals surface area contributed by atoms with E-state index in [4.69, 9.17) is 4.74 Å². The Morgan fingerprint density at radius 2 is 1.94 bits per heavy atom. The van der Waals surface area contributed by atoms with Crippen LogP contribution in [0.5, 0.6) is 0 Å². The van der Waals surface area contributed by atoms with Gasteiger partial charge in [0.2, 0.25) is 5.82 Å². The lowest BCUT2D eigenvalue weighted by atomic mass is 9.90. The zero-order valence-electron chi connectivity index (χ0n) is 17.3. The molecule has 0 fully saturated rings. The first-order valence-electron chi connectivity index (χ1n) is 10.2. The number of halogens is 1. The minimum Gasteiger partial charge on any atom is -0.449 e. The van der Waals surface area contributed by atoms with E-state index in [0.29, 0.717) is 22.9 Å². The van der Waals surface area contributed by atoms with Crippen molar-refractivity contribution in [3.05, 3.63) is 75.2 Å². The number of nitro benzene ring substituents is 1. The Kier molecular flexibility index (Phi) is 5.81. The van der Waals surface area contributed by atoms with Crippen LogP contribution in [0.4, 0.5) is 15.8 Å². The number of amides is 1. The molecule has 8 nitrogen and oxygen atoms in total. The number of fused-ring (bicyclic) bond motifs is 2. The van der Waals surface area contributed by atoms with Crippen molar-refractivity contribution < 1.29 is 23.6 Å². The van der Waals surface area contributed by atoms with Gasteiger partial charge in [0, 0.05) is 22.8 Å². The molecule has 0 saturated carbocycles. The molecule has 32 heavy (non-hydrogen) atoms. The number of rotatable bonds is 5. The Bertz CT molecular complexity index is 1240. The van der Waals surface area contributed by atoms with Crippen molar-refractivity contribution in [2.75, 3.05) is 5.32 Å². The number of hydrogen-bond donors (Lipinski definition) is 1. The van der Waals surface area contributed by atoms with Crippen LogP contribution in [0, 0.1) is 15.9 Å². The molecule has 0 radical (unpaired) electrons. The van der Waals surface area contributed by atoms with Crippen molar-refractivity contribution in [2.24, 2.45) is 0 Å². The van der Waals surface area contributed by atoms with Gasteiger partial charge in [-0.1, -0.05) is 18.2 Å². The predicted octanol–water partition coefficient (Wildman–Crippen LogP) is 4.34. The topological polar surface area (TPSA) is 111 Å². The molecule has 0 bridgehead atoms. The number of aryl methyl sites for hydroxylation is 1. The smallest absolute Gasteiger partial charge is 0.339 e. The maximum absolute atomic E-state index is 13.5. The summed E-state index contributed by atoms with van der Waals surface area (Å²) >= 11 is 0. The summed E-state index contributed by atoms with van der Waals surface area (Å²) in [7, 11) is 0. The van der Waals surface area contributed by atoms with Gasteiger partial charge in [-0.3, -0.25) is 19.9 Å². The number of benzene rings is 2. The summed E-state index contributed by atoms with van der Waals surface area (Å²) < 4.78 is 19.0. The molecule has 3 aromatic rings. The van der Waals surface area contributed by atoms with E-state index in [-0.39, 0.29) is 5.69 Å². The van der Waals surface area contributed by atoms with Gasteiger partial charge < -0.3 is 10.1 Å². The normalized spacial score (nSPS) is 13.8. The maximum Gasteiger partial charge on any atom is 0.339 e. The van der Waals surface area contributed by atoms with Gasteiger partial charge in [0.05, 0.1) is 16.0 Å². The number of nitro groups is 1. The molecule has 164 valence electrons. The van der Waals surface area contributed by atoms with E-state index in [1.54, 1.807) is 6.07 Å². The van der Waals surface area contributed by atoms with Gasteiger partial charge >= 0.3 is 11.7 Å². The van der Waals surface area contributed by atoms with Crippen LogP contribution >= 0.6 is 0 Å². The highest BCUT2D eigenvalue weighted by atomic mass is 19.1. The Balaban J connectivity index is 1.57. The molecule has 9 heteroatoms. The molecule has 0 aliphatic heterocycles. The van der Waals surface area contributed by atoms with Crippen LogP contribution in [0.1, 0.15) is 41.4 Å². The van der Waals surface area contributed by atoms with Gasteiger partial charge in [-0.25, -0.2) is 4.79 Å². The summed E-state index contributed by atoms with van der Waals surface area (Å²) in [6.45, 7) is 1.40. The van der Waals surface area contributed by atoms with Gasteiger partial charge in [0.25, 0.3) is 5.91 Å². The predicted molar refractivity (Wildman–Crippen MR) is 115 cm³/mol. The molecule has 1 aromatic heterocycles. The third-order valence-electron chi connectivity index (χ3n) is 5.44. The second-order valence-corrected chi connectivity index (χ2v) is 7.60. The van der Waals surface area contributed by atoms with Crippen LogP contribution in [-0.2, 0) is 22.4 Å². The largest absolute Gasteiger partial charge is 0.449 e. The number of esters is 1. The third-order valence-corrected chi connectivity index (χ3v) is 5.44. The summed E-state index contributed by atoms with van der Waals surface area (Å²) in [5.41, 5.74) is 2.10. The number of pyridine rings is 1. The highest BCUT2D eigenvalue weighted by Crippen LogP contribution is 2.30. The van der Waals surface area contributed by atoms with Crippen LogP contribution in [-0.4, -0.2) is 27.9 Å². The van der Waals surface area contributed by atoms with Crippen molar-refractivity contribution in [1.82, 2.24) is 4.98 Å². The molecule has 4 rings (SSSR count). The SMILES string of the molecule is CC(OC(=O)c1c2c(nc3ccccc13)CCCC2)C(=O)Nc1ccc(F)c([N+](=O)[O-])c1. The lowest BCUT2D eigenvalue weighted by Gasteiger charge is -2.21. The first-order chi connectivity index (χ1) is 15.3. The van der Waals surface area contributed by atoms with E-state index in [1.165, 1.54) is 13.0 Å². The quantitative estimate of drug-likeness (QED) is 0.361. The van der Waals surface area contributed by atoms with Gasteiger partial charge in [-0.15, -0.1) is 0 Å². The highest BCUT2D eigenvalue weighted by molar-refractivity contribution is 6.06. The van der Waals surface area contributed by atoms with Crippen LogP contribution in [0.2, 0.25) is 0 Å². The lowest BCUT2D eigenvalue weighted by Crippen LogP contribution is -2.30. The molecular weight excluding hydrogens is 417 g/mol. The van der Waals surface area contributed by atoms with E-state index in [9.17, 15) is 24.1 Å². The van der Waals surface area contributed by atoms with E-state index in [2.05, 4.69) is 10.3 Å². The van der Waals surface area contributed by atoms with E-state index >= 15 is 0 Å². The number of anilines is 1. The standard InChI is InChI=1S/C23H20FN3O5/c1-13(22(28)25-14-10-11-17(24)20(12-14)27(30)31)32-23(29)21-15-6-2-4-8-18(15)26-19-9-5-3-7-16(19)21/h2,4,6,8,10-13H,3,5,7,9H2,1H3,(H,25,28). The van der Waals surface area contributed by atoms with E-state index < -0.39 is 34.4 Å². The number of aromatic nitrogens is 1. The number of hydrogen-bond acceptors (Lipinski definition) is 6. The van der Waals surface area contributed by atoms with Crippen molar-refractivity contribution in [3.63, 3.8) is 0 Å². The fourth-order valence-corrected chi connectivity index (χ4v) is 3.85. The van der Waals surface area contributed by atoms with Crippen molar-refractivity contribution in [1.29, 1.82) is 0 Å². The van der Waals surface area contributed by atoms with Crippen molar-refractivity contribution in [2.45, 2.75) is 38.7 Å². The minimum absolute atomic E-state index is 0.0257. The average Bonchev–Trinajstić information content (AvgIpc) is 2.78. The van der Waals surface area contributed by atoms with E-state index in [0.717, 1.165) is 42.7 Å². The molecule has 1 amide bonds. The molecule has 0 spiro atoms. The van der Waals surface area contributed by atoms with Crippen LogP contribution in [0.3, 0.4) is 0 Å². The van der Waals surface area contributed by atoms with Gasteiger partial charge in [0.1, 0.15) is 0 Å². The fraction of sp³-hybridized carbons (Fsp3) is 0.261. The summed E-state index contributed by atoms with van der Waals surface area (Å²) in [5, 5.41) is 14.0. The second-order valence-electron chi connectivity index (χ2n) is 7.60. The highest BCUT2D eigenvalue weighted by Gasteiger charge is 2.27. The molecule has 1 atom stereocenters. The Morgan fingerprint density at radius 3 is 2.72 bits per heavy atom. The number of nitrogens with zero attached hydrogens (tertiary/aromatic N) is 2. The summed E-state index contributed by atoms with van der Waals surface area (Å²) in [6, 6.07) is 10.3. The molecule has 0 saturated heterocycles. The maximum atomic E-state index is 13.5. The van der Waals surface area contributed by atoms with Gasteiger partial charge in [-0.05, 0) is 56.4 Å². The van der Waals surface area contributed by atoms with Crippen molar-refractivity contribution >= 4 is 34.2 Å². The first kappa shape index (κ1) is 21.4. The minimum atomic E-state index is -1.18. The average molecular weight is 437 g/mol. The third kappa shape index (κ3) is 4.14. The van der Waals surface area contributed by atoms with Gasteiger partial charge in [0.15, 0.2) is 6.10 Å². The second kappa shape index (κ2) is 8.70. The monoisotopic (exact) mass is 437 g/mol. The summed E-state index contributed by atoms with van der Waals surface area (Å²) in [4.78, 5) is 40.4. The summed E-state index contributed by atoms with van der Waals surface area (Å²) in [5.74, 6) is -2.33. The molecule has 1 unspecified atom stereocenters. The van der Waals surface area contributed by atoms with Crippen LogP contribution < -0.4 is 5.32 Å². The Morgan fingerprint density at radius 1 is 1.19 bits per heavy atom. The Hall–Kier alpha value is -3.88. The fourth-order valence-electron chi connectivity index (χ4n) is 3.85. The molecular formula is C23H20FN3O5. The Labute approximate surface area is 182 Å². The zero-order chi connectivity index (χ0) is 22.8. The molecule has 1 aliphatic rings. The molecule has 2 aromatic carbocycles. The molecule has 1 N–H and O–H groups in total.